The van der Waals surface area contributed by atoms with E-state index in [2.05, 4.69) is 10.8 Å². The van der Waals surface area contributed by atoms with Gasteiger partial charge in [-0.3, -0.25) is 0 Å². The maximum Gasteiger partial charge on any atom is 0.240 e. The SMILES string of the molecule is CCc1ccc(S(=O)(=O)NCC2(O)CCc3ccccc3C2)cc1. The molecular formula is C19H23NO3S. The quantitative estimate of drug-likeness (QED) is 0.875. The van der Waals surface area contributed by atoms with E-state index in [9.17, 15) is 13.5 Å². The molecule has 0 fully saturated rings. The maximum absolute atomic E-state index is 12.4. The minimum absolute atomic E-state index is 0.0270. The fourth-order valence-corrected chi connectivity index (χ4v) is 4.27. The molecule has 2 aromatic carbocycles. The minimum atomic E-state index is -3.61. The normalized spacial score (nSPS) is 20.6. The van der Waals surface area contributed by atoms with Crippen molar-refractivity contribution in [2.45, 2.75) is 43.1 Å². The molecule has 2 aromatic rings. The summed E-state index contributed by atoms with van der Waals surface area (Å²) < 4.78 is 27.5. The first-order valence-electron chi connectivity index (χ1n) is 8.30. The van der Waals surface area contributed by atoms with Crippen molar-refractivity contribution in [1.82, 2.24) is 4.72 Å². The molecule has 24 heavy (non-hydrogen) atoms. The molecule has 0 spiro atoms. The summed E-state index contributed by atoms with van der Waals surface area (Å²) in [5.74, 6) is 0. The van der Waals surface area contributed by atoms with Crippen LogP contribution in [0.5, 0.6) is 0 Å². The number of sulfonamides is 1. The molecule has 128 valence electrons. The Balaban J connectivity index is 1.70. The summed E-state index contributed by atoms with van der Waals surface area (Å²) >= 11 is 0. The van der Waals surface area contributed by atoms with Gasteiger partial charge in [-0.1, -0.05) is 43.3 Å². The van der Waals surface area contributed by atoms with Crippen LogP contribution in [0.15, 0.2) is 53.4 Å². The molecule has 0 saturated carbocycles. The summed E-state index contributed by atoms with van der Waals surface area (Å²) in [6, 6.07) is 14.9. The first kappa shape index (κ1) is 17.1. The van der Waals surface area contributed by atoms with Crippen LogP contribution in [0.2, 0.25) is 0 Å². The van der Waals surface area contributed by atoms with Crippen molar-refractivity contribution < 1.29 is 13.5 Å². The highest BCUT2D eigenvalue weighted by atomic mass is 32.2. The van der Waals surface area contributed by atoms with Crippen LogP contribution in [-0.2, 0) is 29.3 Å². The van der Waals surface area contributed by atoms with Gasteiger partial charge in [0, 0.05) is 13.0 Å². The lowest BCUT2D eigenvalue weighted by atomic mass is 9.80. The van der Waals surface area contributed by atoms with E-state index in [0.717, 1.165) is 24.0 Å². The van der Waals surface area contributed by atoms with Gasteiger partial charge in [-0.25, -0.2) is 13.1 Å². The summed E-state index contributed by atoms with van der Waals surface area (Å²) in [6.45, 7) is 2.05. The van der Waals surface area contributed by atoms with Crippen LogP contribution in [0.25, 0.3) is 0 Å². The van der Waals surface area contributed by atoms with Gasteiger partial charge in [0.2, 0.25) is 10.0 Å². The summed E-state index contributed by atoms with van der Waals surface area (Å²) in [6.07, 6.45) is 2.66. The lowest BCUT2D eigenvalue weighted by Crippen LogP contribution is -2.46. The molecule has 0 aromatic heterocycles. The van der Waals surface area contributed by atoms with Crippen LogP contribution in [0.1, 0.15) is 30.0 Å². The Kier molecular flexibility index (Phi) is 4.76. The van der Waals surface area contributed by atoms with Crippen molar-refractivity contribution in [2.24, 2.45) is 0 Å². The van der Waals surface area contributed by atoms with E-state index in [-0.39, 0.29) is 11.4 Å². The Morgan fingerprint density at radius 3 is 2.42 bits per heavy atom. The molecule has 4 nitrogen and oxygen atoms in total. The highest BCUT2D eigenvalue weighted by Crippen LogP contribution is 2.28. The zero-order valence-electron chi connectivity index (χ0n) is 13.8. The molecule has 0 radical (unpaired) electrons. The van der Waals surface area contributed by atoms with E-state index < -0.39 is 15.6 Å². The van der Waals surface area contributed by atoms with Crippen molar-refractivity contribution in [2.75, 3.05) is 6.54 Å². The van der Waals surface area contributed by atoms with Crippen LogP contribution < -0.4 is 4.72 Å². The van der Waals surface area contributed by atoms with E-state index in [1.54, 1.807) is 12.1 Å². The Bertz CT molecular complexity index is 815. The topological polar surface area (TPSA) is 66.4 Å². The molecule has 0 amide bonds. The molecule has 0 aliphatic heterocycles. The van der Waals surface area contributed by atoms with Crippen molar-refractivity contribution in [1.29, 1.82) is 0 Å². The lowest BCUT2D eigenvalue weighted by Gasteiger charge is -2.33. The third-order valence-corrected chi connectivity index (χ3v) is 6.15. The molecule has 2 N–H and O–H groups in total. The number of hydrogen-bond acceptors (Lipinski definition) is 3. The fraction of sp³-hybridized carbons (Fsp3) is 0.368. The van der Waals surface area contributed by atoms with Gasteiger partial charge in [-0.2, -0.15) is 0 Å². The molecule has 0 saturated heterocycles. The molecule has 1 atom stereocenters. The molecule has 1 aliphatic carbocycles. The second kappa shape index (κ2) is 6.67. The molecule has 5 heteroatoms. The molecule has 0 heterocycles. The lowest BCUT2D eigenvalue weighted by molar-refractivity contribution is 0.0317. The van der Waals surface area contributed by atoms with Gasteiger partial charge in [-0.15, -0.1) is 0 Å². The van der Waals surface area contributed by atoms with Crippen molar-refractivity contribution >= 4 is 10.0 Å². The number of fused-ring (bicyclic) bond motifs is 1. The Hall–Kier alpha value is -1.69. The van der Waals surface area contributed by atoms with E-state index in [1.165, 1.54) is 5.56 Å². The number of nitrogens with one attached hydrogen (secondary N) is 1. The monoisotopic (exact) mass is 345 g/mol. The third kappa shape index (κ3) is 3.69. The highest BCUT2D eigenvalue weighted by molar-refractivity contribution is 7.89. The second-order valence-electron chi connectivity index (χ2n) is 6.49. The number of hydrogen-bond donors (Lipinski definition) is 2. The van der Waals surface area contributed by atoms with E-state index in [4.69, 9.17) is 0 Å². The minimum Gasteiger partial charge on any atom is -0.388 e. The van der Waals surface area contributed by atoms with Crippen LogP contribution in [0.3, 0.4) is 0 Å². The van der Waals surface area contributed by atoms with Gasteiger partial charge >= 0.3 is 0 Å². The Labute approximate surface area is 143 Å². The predicted octanol–water partition coefficient (Wildman–Crippen LogP) is 2.45. The van der Waals surface area contributed by atoms with Gasteiger partial charge < -0.3 is 5.11 Å². The second-order valence-corrected chi connectivity index (χ2v) is 8.26. The zero-order valence-corrected chi connectivity index (χ0v) is 14.6. The Morgan fingerprint density at radius 1 is 1.08 bits per heavy atom. The number of rotatable bonds is 5. The highest BCUT2D eigenvalue weighted by Gasteiger charge is 2.33. The molecule has 1 unspecified atom stereocenters. The summed E-state index contributed by atoms with van der Waals surface area (Å²) in [4.78, 5) is 0.236. The van der Waals surface area contributed by atoms with E-state index >= 15 is 0 Å². The zero-order chi connectivity index (χ0) is 17.2. The van der Waals surface area contributed by atoms with Crippen LogP contribution >= 0.6 is 0 Å². The first-order chi connectivity index (χ1) is 11.4. The third-order valence-electron chi connectivity index (χ3n) is 4.73. The summed E-state index contributed by atoms with van der Waals surface area (Å²) in [7, 11) is -3.61. The average molecular weight is 345 g/mol. The van der Waals surface area contributed by atoms with E-state index in [0.29, 0.717) is 12.8 Å². The summed E-state index contributed by atoms with van der Waals surface area (Å²) in [5.41, 5.74) is 2.39. The molecule has 3 rings (SSSR count). The van der Waals surface area contributed by atoms with Crippen LogP contribution in [-0.4, -0.2) is 25.7 Å². The van der Waals surface area contributed by atoms with Gasteiger partial charge in [0.05, 0.1) is 10.5 Å². The number of aryl methyl sites for hydroxylation is 2. The van der Waals surface area contributed by atoms with Gasteiger partial charge in [0.15, 0.2) is 0 Å². The standard InChI is InChI=1S/C19H23NO3S/c1-2-15-7-9-18(10-8-15)24(22,23)20-14-19(21)12-11-16-5-3-4-6-17(16)13-19/h3-10,20-21H,2,11-14H2,1H3. The molecule has 0 bridgehead atoms. The average Bonchev–Trinajstić information content (AvgIpc) is 2.60. The fourth-order valence-electron chi connectivity index (χ4n) is 3.15. The first-order valence-corrected chi connectivity index (χ1v) is 9.78. The predicted molar refractivity (Wildman–Crippen MR) is 94.4 cm³/mol. The smallest absolute Gasteiger partial charge is 0.240 e. The van der Waals surface area contributed by atoms with Crippen molar-refractivity contribution in [3.63, 3.8) is 0 Å². The largest absolute Gasteiger partial charge is 0.388 e. The van der Waals surface area contributed by atoms with Gasteiger partial charge in [-0.05, 0) is 48.1 Å². The number of benzene rings is 2. The van der Waals surface area contributed by atoms with Gasteiger partial charge in [0.25, 0.3) is 0 Å². The summed E-state index contributed by atoms with van der Waals surface area (Å²) in [5, 5.41) is 10.8. The molecule has 1 aliphatic rings. The van der Waals surface area contributed by atoms with Crippen molar-refractivity contribution in [3.8, 4) is 0 Å². The Morgan fingerprint density at radius 2 is 1.75 bits per heavy atom. The van der Waals surface area contributed by atoms with Crippen LogP contribution in [0, 0.1) is 0 Å². The van der Waals surface area contributed by atoms with Crippen LogP contribution in [0.4, 0.5) is 0 Å². The van der Waals surface area contributed by atoms with Gasteiger partial charge in [0.1, 0.15) is 0 Å². The number of aliphatic hydroxyl groups is 1. The maximum atomic E-state index is 12.4. The van der Waals surface area contributed by atoms with Crippen molar-refractivity contribution in [3.05, 3.63) is 65.2 Å². The molecular weight excluding hydrogens is 322 g/mol. The van der Waals surface area contributed by atoms with E-state index in [1.807, 2.05) is 37.3 Å².